The van der Waals surface area contributed by atoms with Crippen LogP contribution < -0.4 is 5.32 Å². The van der Waals surface area contributed by atoms with Crippen LogP contribution in [0.15, 0.2) is 12.3 Å². The zero-order valence-electron chi connectivity index (χ0n) is 7.50. The van der Waals surface area contributed by atoms with Crippen molar-refractivity contribution >= 4 is 11.8 Å². The van der Waals surface area contributed by atoms with E-state index in [1.807, 2.05) is 17.8 Å². The predicted octanol–water partition coefficient (Wildman–Crippen LogP) is 1.25. The molecule has 0 bridgehead atoms. The molecule has 1 atom stereocenters. The van der Waals surface area contributed by atoms with Gasteiger partial charge < -0.3 is 5.32 Å². The quantitative estimate of drug-likeness (QED) is 0.725. The lowest BCUT2D eigenvalue weighted by Gasteiger charge is -2.10. The maximum absolute atomic E-state index is 3.88. The van der Waals surface area contributed by atoms with E-state index < -0.39 is 0 Å². The van der Waals surface area contributed by atoms with Crippen LogP contribution in [0, 0.1) is 0 Å². The van der Waals surface area contributed by atoms with Crippen LogP contribution in [0.3, 0.4) is 0 Å². The van der Waals surface area contributed by atoms with Crippen molar-refractivity contribution < 1.29 is 0 Å². The summed E-state index contributed by atoms with van der Waals surface area (Å²) >= 11 is 1.86. The summed E-state index contributed by atoms with van der Waals surface area (Å²) < 4.78 is 0. The molecule has 4 heteroatoms. The van der Waals surface area contributed by atoms with Crippen molar-refractivity contribution in [2.75, 3.05) is 12.0 Å². The van der Waals surface area contributed by atoms with Crippen LogP contribution in [0.25, 0.3) is 0 Å². The predicted molar refractivity (Wildman–Crippen MR) is 53.3 cm³/mol. The minimum absolute atomic E-state index is 0.559. The van der Waals surface area contributed by atoms with Gasteiger partial charge >= 0.3 is 0 Å². The van der Waals surface area contributed by atoms with Crippen molar-refractivity contribution in [2.45, 2.75) is 19.5 Å². The van der Waals surface area contributed by atoms with E-state index in [0.29, 0.717) is 6.04 Å². The fourth-order valence-corrected chi connectivity index (χ4v) is 1.59. The Morgan fingerprint density at radius 3 is 3.17 bits per heavy atom. The molecule has 0 saturated carbocycles. The lowest BCUT2D eigenvalue weighted by molar-refractivity contribution is 0.587. The van der Waals surface area contributed by atoms with Crippen LogP contribution in [0.2, 0.25) is 0 Å². The van der Waals surface area contributed by atoms with Crippen LogP contribution in [0.4, 0.5) is 0 Å². The van der Waals surface area contributed by atoms with Crippen molar-refractivity contribution in [1.82, 2.24) is 15.5 Å². The van der Waals surface area contributed by atoms with E-state index in [0.717, 1.165) is 18.0 Å². The van der Waals surface area contributed by atoms with Gasteiger partial charge in [-0.2, -0.15) is 16.9 Å². The molecule has 0 aromatic carbocycles. The Morgan fingerprint density at radius 1 is 1.75 bits per heavy atom. The van der Waals surface area contributed by atoms with Crippen LogP contribution >= 0.6 is 11.8 Å². The first-order valence-corrected chi connectivity index (χ1v) is 5.43. The summed E-state index contributed by atoms with van der Waals surface area (Å²) in [6, 6.07) is 2.54. The van der Waals surface area contributed by atoms with E-state index in [-0.39, 0.29) is 0 Å². The highest BCUT2D eigenvalue weighted by atomic mass is 32.2. The maximum Gasteiger partial charge on any atom is 0.0490 e. The minimum Gasteiger partial charge on any atom is -0.308 e. The molecular formula is C8H15N3S. The molecule has 1 rings (SSSR count). The monoisotopic (exact) mass is 185 g/mol. The highest BCUT2D eigenvalue weighted by molar-refractivity contribution is 7.98. The molecule has 1 heterocycles. The van der Waals surface area contributed by atoms with Crippen molar-refractivity contribution in [3.05, 3.63) is 18.0 Å². The molecule has 1 aromatic rings. The first-order chi connectivity index (χ1) is 5.83. The Balaban J connectivity index is 2.17. The van der Waals surface area contributed by atoms with Crippen LogP contribution in [-0.4, -0.2) is 28.2 Å². The molecule has 3 nitrogen and oxygen atoms in total. The second-order valence-corrected chi connectivity index (χ2v) is 3.73. The van der Waals surface area contributed by atoms with Gasteiger partial charge in [-0.15, -0.1) is 0 Å². The Bertz CT molecular complexity index is 198. The number of H-pyrrole nitrogens is 1. The Hall–Kier alpha value is -0.480. The van der Waals surface area contributed by atoms with E-state index in [2.05, 4.69) is 28.7 Å². The minimum atomic E-state index is 0.559. The third-order valence-corrected chi connectivity index (χ3v) is 2.45. The molecule has 1 unspecified atom stereocenters. The second-order valence-electron chi connectivity index (χ2n) is 2.82. The molecule has 0 fully saturated rings. The average molecular weight is 185 g/mol. The van der Waals surface area contributed by atoms with E-state index in [9.17, 15) is 0 Å². The molecule has 0 amide bonds. The highest BCUT2D eigenvalue weighted by Crippen LogP contribution is 1.97. The van der Waals surface area contributed by atoms with E-state index in [1.165, 1.54) is 0 Å². The molecule has 0 aliphatic heterocycles. The standard InChI is InChI=1S/C8H15N3S/c1-7(6-12-2)9-5-8-3-4-10-11-8/h3-4,7,9H,5-6H2,1-2H3,(H,10,11). The third-order valence-electron chi connectivity index (χ3n) is 1.62. The summed E-state index contributed by atoms with van der Waals surface area (Å²) in [5, 5.41) is 10.2. The Labute approximate surface area is 77.3 Å². The first-order valence-electron chi connectivity index (χ1n) is 4.03. The average Bonchev–Trinajstić information content (AvgIpc) is 2.53. The van der Waals surface area contributed by atoms with Crippen molar-refractivity contribution in [3.8, 4) is 0 Å². The number of nitrogens with one attached hydrogen (secondary N) is 2. The van der Waals surface area contributed by atoms with Crippen molar-refractivity contribution in [3.63, 3.8) is 0 Å². The van der Waals surface area contributed by atoms with Gasteiger partial charge in [-0.1, -0.05) is 0 Å². The summed E-state index contributed by atoms with van der Waals surface area (Å²) in [6.07, 6.45) is 3.89. The first kappa shape index (κ1) is 9.61. The zero-order valence-corrected chi connectivity index (χ0v) is 8.32. The van der Waals surface area contributed by atoms with Gasteiger partial charge in [0.1, 0.15) is 0 Å². The Morgan fingerprint density at radius 2 is 2.58 bits per heavy atom. The highest BCUT2D eigenvalue weighted by Gasteiger charge is 1.99. The summed E-state index contributed by atoms with van der Waals surface area (Å²) in [7, 11) is 0. The smallest absolute Gasteiger partial charge is 0.0490 e. The van der Waals surface area contributed by atoms with Gasteiger partial charge in [0.2, 0.25) is 0 Å². The van der Waals surface area contributed by atoms with E-state index in [4.69, 9.17) is 0 Å². The van der Waals surface area contributed by atoms with Gasteiger partial charge in [0, 0.05) is 30.2 Å². The molecule has 0 spiro atoms. The third kappa shape index (κ3) is 3.28. The van der Waals surface area contributed by atoms with E-state index in [1.54, 1.807) is 6.20 Å². The summed E-state index contributed by atoms with van der Waals surface area (Å²) in [4.78, 5) is 0. The summed E-state index contributed by atoms with van der Waals surface area (Å²) in [5.74, 6) is 1.15. The molecule has 12 heavy (non-hydrogen) atoms. The van der Waals surface area contributed by atoms with Crippen molar-refractivity contribution in [1.29, 1.82) is 0 Å². The fraction of sp³-hybridized carbons (Fsp3) is 0.625. The number of aromatic amines is 1. The number of aromatic nitrogens is 2. The van der Waals surface area contributed by atoms with Gasteiger partial charge in [-0.05, 0) is 19.2 Å². The van der Waals surface area contributed by atoms with Crippen LogP contribution in [0.1, 0.15) is 12.6 Å². The zero-order chi connectivity index (χ0) is 8.81. The van der Waals surface area contributed by atoms with Crippen LogP contribution in [-0.2, 0) is 6.54 Å². The Kier molecular flexibility index (Phi) is 4.18. The molecule has 68 valence electrons. The number of hydrogen-bond acceptors (Lipinski definition) is 3. The number of hydrogen-bond donors (Lipinski definition) is 2. The number of nitrogens with zero attached hydrogens (tertiary/aromatic N) is 1. The lowest BCUT2D eigenvalue weighted by atomic mass is 10.3. The number of rotatable bonds is 5. The normalized spacial score (nSPS) is 13.2. The molecule has 0 radical (unpaired) electrons. The van der Waals surface area contributed by atoms with Gasteiger partial charge in [0.25, 0.3) is 0 Å². The van der Waals surface area contributed by atoms with Gasteiger partial charge in [0.15, 0.2) is 0 Å². The van der Waals surface area contributed by atoms with Gasteiger partial charge in [-0.25, -0.2) is 0 Å². The van der Waals surface area contributed by atoms with E-state index >= 15 is 0 Å². The van der Waals surface area contributed by atoms with Crippen LogP contribution in [0.5, 0.6) is 0 Å². The van der Waals surface area contributed by atoms with Crippen molar-refractivity contribution in [2.24, 2.45) is 0 Å². The molecular weight excluding hydrogens is 170 g/mol. The maximum atomic E-state index is 3.88. The molecule has 0 aliphatic rings. The SMILES string of the molecule is CSCC(C)NCc1ccn[nH]1. The molecule has 0 saturated heterocycles. The summed E-state index contributed by atoms with van der Waals surface area (Å²) in [6.45, 7) is 3.06. The molecule has 1 aromatic heterocycles. The fourth-order valence-electron chi connectivity index (χ4n) is 0.976. The molecule has 2 N–H and O–H groups in total. The number of thioether (sulfide) groups is 1. The van der Waals surface area contributed by atoms with Gasteiger partial charge in [-0.3, -0.25) is 5.10 Å². The second kappa shape index (κ2) is 5.22. The lowest BCUT2D eigenvalue weighted by Crippen LogP contribution is -2.27. The summed E-state index contributed by atoms with van der Waals surface area (Å²) in [5.41, 5.74) is 1.14. The topological polar surface area (TPSA) is 40.7 Å². The largest absolute Gasteiger partial charge is 0.308 e. The van der Waals surface area contributed by atoms with Gasteiger partial charge in [0.05, 0.1) is 0 Å². The molecule has 0 aliphatic carbocycles.